The van der Waals surface area contributed by atoms with Gasteiger partial charge in [0, 0.05) is 18.8 Å². The first-order valence-corrected chi connectivity index (χ1v) is 11.4. The van der Waals surface area contributed by atoms with E-state index in [1.807, 2.05) is 5.32 Å². The highest BCUT2D eigenvalue weighted by Gasteiger charge is 2.37. The zero-order valence-electron chi connectivity index (χ0n) is 18.6. The fourth-order valence-electron chi connectivity index (χ4n) is 3.92. The van der Waals surface area contributed by atoms with Crippen LogP contribution in [0.25, 0.3) is 10.2 Å². The molecule has 4 rings (SSSR count). The average molecular weight is 532 g/mol. The molecule has 192 valence electrons. The van der Waals surface area contributed by atoms with Crippen molar-refractivity contribution in [3.8, 4) is 0 Å². The van der Waals surface area contributed by atoms with Crippen LogP contribution < -0.4 is 10.9 Å². The van der Waals surface area contributed by atoms with Crippen LogP contribution in [0.15, 0.2) is 29.3 Å². The number of likely N-dealkylation sites (tertiary alicyclic amines) is 1. The number of carbonyl (C=O) groups is 2. The van der Waals surface area contributed by atoms with Crippen LogP contribution in [0.1, 0.15) is 39.2 Å². The molecule has 0 spiro atoms. The smallest absolute Gasteiger partial charge is 0.338 e. The Hall–Kier alpha value is -3.42. The number of carbonyl (C=O) groups excluding carboxylic acids is 2. The summed E-state index contributed by atoms with van der Waals surface area (Å²) in [5.74, 6) is -1.26. The Labute approximate surface area is 203 Å². The first-order chi connectivity index (χ1) is 16.8. The molecular formula is C22H18F6N4O3S. The number of nitrogens with one attached hydrogen (secondary N) is 1. The van der Waals surface area contributed by atoms with E-state index in [1.54, 1.807) is 11.8 Å². The van der Waals surface area contributed by atoms with Crippen molar-refractivity contribution in [2.45, 2.75) is 38.7 Å². The Balaban J connectivity index is 1.60. The largest absolute Gasteiger partial charge is 0.416 e. The van der Waals surface area contributed by atoms with Crippen molar-refractivity contribution in [1.82, 2.24) is 14.5 Å². The molecule has 3 heterocycles. The van der Waals surface area contributed by atoms with Crippen LogP contribution in [0.4, 0.5) is 32.0 Å². The zero-order valence-corrected chi connectivity index (χ0v) is 19.4. The molecule has 1 aromatic carbocycles. The minimum Gasteiger partial charge on any atom is -0.338 e. The van der Waals surface area contributed by atoms with Crippen molar-refractivity contribution in [1.29, 1.82) is 0 Å². The van der Waals surface area contributed by atoms with Crippen LogP contribution in [-0.2, 0) is 23.7 Å². The number of fused-ring (bicyclic) bond motifs is 1. The number of rotatable bonds is 4. The molecule has 1 aliphatic heterocycles. The number of hydrogen-bond donors (Lipinski definition) is 1. The molecule has 1 fully saturated rings. The molecule has 36 heavy (non-hydrogen) atoms. The molecule has 1 saturated heterocycles. The Kier molecular flexibility index (Phi) is 6.58. The number of halogens is 6. The molecule has 0 radical (unpaired) electrons. The summed E-state index contributed by atoms with van der Waals surface area (Å²) in [5.41, 5.74) is -4.17. The summed E-state index contributed by atoms with van der Waals surface area (Å²) in [5, 5.41) is 2.10. The maximum Gasteiger partial charge on any atom is 0.416 e. The Morgan fingerprint density at radius 2 is 1.61 bits per heavy atom. The zero-order chi connectivity index (χ0) is 26.4. The van der Waals surface area contributed by atoms with Crippen molar-refractivity contribution < 1.29 is 35.9 Å². The Morgan fingerprint density at radius 3 is 2.17 bits per heavy atom. The molecule has 1 N–H and O–H groups in total. The first kappa shape index (κ1) is 25.7. The molecule has 1 aliphatic rings. The van der Waals surface area contributed by atoms with E-state index in [9.17, 15) is 40.7 Å². The van der Waals surface area contributed by atoms with Crippen molar-refractivity contribution in [3.63, 3.8) is 0 Å². The van der Waals surface area contributed by atoms with Gasteiger partial charge >= 0.3 is 12.4 Å². The number of aryl methyl sites for hydroxylation is 1. The monoisotopic (exact) mass is 532 g/mol. The number of amides is 2. The standard InChI is InChI=1S/C22H18F6N4O3S/c1-11-16-18(36-17(11)20(35)31-4-2-3-5-31)29-10-32(19(16)34)9-15(33)30-14-7-12(21(23,24)25)6-13(8-14)22(26,27)28/h6-8,10H,2-5,9H2,1H3,(H,30,33). The molecule has 0 bridgehead atoms. The molecule has 0 atom stereocenters. The van der Waals surface area contributed by atoms with Gasteiger partial charge in [0.2, 0.25) is 5.91 Å². The van der Waals surface area contributed by atoms with Gasteiger partial charge in [-0.15, -0.1) is 11.3 Å². The third kappa shape index (κ3) is 5.08. The second-order valence-electron chi connectivity index (χ2n) is 8.26. The SMILES string of the molecule is Cc1c(C(=O)N2CCCC2)sc2ncn(CC(=O)Nc3cc(C(F)(F)F)cc(C(F)(F)F)c3)c(=O)c12. The number of alkyl halides is 6. The minimum absolute atomic E-state index is 0.0572. The maximum absolute atomic E-state index is 13.1. The molecule has 0 unspecified atom stereocenters. The third-order valence-corrected chi connectivity index (χ3v) is 6.88. The molecule has 7 nitrogen and oxygen atoms in total. The van der Waals surface area contributed by atoms with E-state index in [-0.39, 0.29) is 22.2 Å². The van der Waals surface area contributed by atoms with E-state index in [0.29, 0.717) is 35.7 Å². The highest BCUT2D eigenvalue weighted by molar-refractivity contribution is 7.20. The van der Waals surface area contributed by atoms with Gasteiger partial charge in [0.05, 0.1) is 27.7 Å². The Bertz CT molecular complexity index is 1370. The van der Waals surface area contributed by atoms with E-state index < -0.39 is 47.2 Å². The van der Waals surface area contributed by atoms with Gasteiger partial charge in [-0.1, -0.05) is 0 Å². The third-order valence-electron chi connectivity index (χ3n) is 5.69. The van der Waals surface area contributed by atoms with Crippen LogP contribution in [0, 0.1) is 6.92 Å². The number of anilines is 1. The van der Waals surface area contributed by atoms with Crippen molar-refractivity contribution in [3.05, 3.63) is 56.4 Å². The van der Waals surface area contributed by atoms with Gasteiger partial charge < -0.3 is 10.2 Å². The molecule has 2 amide bonds. The van der Waals surface area contributed by atoms with Crippen LogP contribution in [0.3, 0.4) is 0 Å². The molecule has 2 aromatic heterocycles. The number of thiophene rings is 1. The van der Waals surface area contributed by atoms with Gasteiger partial charge in [-0.3, -0.25) is 19.0 Å². The van der Waals surface area contributed by atoms with Gasteiger partial charge in [0.1, 0.15) is 11.4 Å². The second-order valence-corrected chi connectivity index (χ2v) is 9.26. The lowest BCUT2D eigenvalue weighted by Crippen LogP contribution is -2.28. The Morgan fingerprint density at radius 1 is 1.03 bits per heavy atom. The number of hydrogen-bond acceptors (Lipinski definition) is 5. The van der Waals surface area contributed by atoms with Crippen molar-refractivity contribution in [2.24, 2.45) is 0 Å². The lowest BCUT2D eigenvalue weighted by molar-refractivity contribution is -0.143. The highest BCUT2D eigenvalue weighted by Crippen LogP contribution is 2.37. The summed E-state index contributed by atoms with van der Waals surface area (Å²) >= 11 is 1.04. The van der Waals surface area contributed by atoms with Crippen LogP contribution in [-0.4, -0.2) is 39.4 Å². The molecule has 14 heteroatoms. The molecule has 3 aromatic rings. The van der Waals surface area contributed by atoms with Gasteiger partial charge in [-0.25, -0.2) is 4.98 Å². The van der Waals surface area contributed by atoms with E-state index in [1.165, 1.54) is 0 Å². The number of aromatic nitrogens is 2. The molecule has 0 saturated carbocycles. The van der Waals surface area contributed by atoms with Gasteiger partial charge in [0.25, 0.3) is 11.5 Å². The quantitative estimate of drug-likeness (QED) is 0.495. The normalized spacial score (nSPS) is 14.5. The van der Waals surface area contributed by atoms with Gasteiger partial charge in [-0.2, -0.15) is 26.3 Å². The van der Waals surface area contributed by atoms with Crippen molar-refractivity contribution >= 4 is 39.1 Å². The second kappa shape index (κ2) is 9.22. The van der Waals surface area contributed by atoms with Crippen molar-refractivity contribution in [2.75, 3.05) is 18.4 Å². The predicted octanol–water partition coefficient (Wildman–Crippen LogP) is 4.68. The van der Waals surface area contributed by atoms with E-state index in [4.69, 9.17) is 0 Å². The van der Waals surface area contributed by atoms with E-state index in [0.717, 1.165) is 35.1 Å². The summed E-state index contributed by atoms with van der Waals surface area (Å²) in [6.45, 7) is 2.08. The summed E-state index contributed by atoms with van der Waals surface area (Å²) < 4.78 is 79.2. The summed E-state index contributed by atoms with van der Waals surface area (Å²) in [6, 6.07) is 0.686. The average Bonchev–Trinajstić information content (AvgIpc) is 3.42. The van der Waals surface area contributed by atoms with E-state index >= 15 is 0 Å². The number of benzene rings is 1. The van der Waals surface area contributed by atoms with Gasteiger partial charge in [0.15, 0.2) is 0 Å². The lowest BCUT2D eigenvalue weighted by atomic mass is 10.1. The minimum atomic E-state index is -5.08. The lowest BCUT2D eigenvalue weighted by Gasteiger charge is -2.15. The first-order valence-electron chi connectivity index (χ1n) is 10.6. The van der Waals surface area contributed by atoms with Crippen LogP contribution >= 0.6 is 11.3 Å². The predicted molar refractivity (Wildman–Crippen MR) is 119 cm³/mol. The topological polar surface area (TPSA) is 84.3 Å². The number of nitrogens with zero attached hydrogens (tertiary/aromatic N) is 3. The van der Waals surface area contributed by atoms with Gasteiger partial charge in [-0.05, 0) is 43.5 Å². The summed E-state index contributed by atoms with van der Waals surface area (Å²) in [6.07, 6.45) is -7.35. The fraction of sp³-hybridized carbons (Fsp3) is 0.364. The summed E-state index contributed by atoms with van der Waals surface area (Å²) in [4.78, 5) is 44.6. The maximum atomic E-state index is 13.1. The molecule has 0 aliphatic carbocycles. The highest BCUT2D eigenvalue weighted by atomic mass is 32.1. The van der Waals surface area contributed by atoms with Crippen LogP contribution in [0.5, 0.6) is 0 Å². The van der Waals surface area contributed by atoms with Crippen LogP contribution in [0.2, 0.25) is 0 Å². The van der Waals surface area contributed by atoms with E-state index in [2.05, 4.69) is 4.98 Å². The molecular weight excluding hydrogens is 514 g/mol. The summed E-state index contributed by atoms with van der Waals surface area (Å²) in [7, 11) is 0. The fourth-order valence-corrected chi connectivity index (χ4v) is 5.03.